The molecule has 1 nitrogen and oxygen atoms in total. The van der Waals surface area contributed by atoms with Gasteiger partial charge in [0.15, 0.2) is 0 Å². The Kier molecular flexibility index (Phi) is 4.22. The van der Waals surface area contributed by atoms with E-state index < -0.39 is 5.41 Å². The molecule has 1 aliphatic rings. The number of fused-ring (bicyclic) bond motifs is 3. The predicted molar refractivity (Wildman–Crippen MR) is 131 cm³/mol. The molecule has 0 aromatic heterocycles. The van der Waals surface area contributed by atoms with Crippen molar-refractivity contribution in [2.45, 2.75) is 5.41 Å². The first-order valence-corrected chi connectivity index (χ1v) is 10.9. The van der Waals surface area contributed by atoms with Gasteiger partial charge in [0.25, 0.3) is 0 Å². The molecule has 6 rings (SSSR count). The minimum Gasteiger partial charge on any atom is -0.507 e. The summed E-state index contributed by atoms with van der Waals surface area (Å²) in [5.74, 6) is 0.294. The molecule has 0 atom stereocenters. The molecule has 0 saturated carbocycles. The number of hydrogen-bond donors (Lipinski definition) is 1. The van der Waals surface area contributed by atoms with Crippen LogP contribution in [0.2, 0.25) is 0 Å². The van der Waals surface area contributed by atoms with E-state index in [1.165, 1.54) is 27.8 Å². The van der Waals surface area contributed by atoms with Crippen LogP contribution >= 0.6 is 0 Å². The van der Waals surface area contributed by atoms with Crippen LogP contribution in [0, 0.1) is 0 Å². The van der Waals surface area contributed by atoms with Gasteiger partial charge in [-0.1, -0.05) is 115 Å². The molecular weight excluding hydrogens is 388 g/mol. The van der Waals surface area contributed by atoms with Crippen LogP contribution in [0.25, 0.3) is 22.3 Å². The van der Waals surface area contributed by atoms with Gasteiger partial charge < -0.3 is 5.11 Å². The van der Waals surface area contributed by atoms with Crippen molar-refractivity contribution in [3.8, 4) is 28.0 Å². The summed E-state index contributed by atoms with van der Waals surface area (Å²) in [4.78, 5) is 0. The van der Waals surface area contributed by atoms with Crippen LogP contribution in [0.15, 0.2) is 127 Å². The summed E-state index contributed by atoms with van der Waals surface area (Å²) in [6.45, 7) is 0. The van der Waals surface area contributed by atoms with Gasteiger partial charge in [-0.3, -0.25) is 0 Å². The Morgan fingerprint density at radius 3 is 1.59 bits per heavy atom. The Hall–Kier alpha value is -4.10. The highest BCUT2D eigenvalue weighted by molar-refractivity contribution is 5.87. The third kappa shape index (κ3) is 2.58. The minimum absolute atomic E-state index is 0.294. The van der Waals surface area contributed by atoms with E-state index in [1.807, 2.05) is 36.4 Å². The average Bonchev–Trinajstić information content (AvgIpc) is 3.17. The summed E-state index contributed by atoms with van der Waals surface area (Å²) in [7, 11) is 0. The maximum atomic E-state index is 10.8. The van der Waals surface area contributed by atoms with Gasteiger partial charge in [0.05, 0.1) is 5.41 Å². The van der Waals surface area contributed by atoms with E-state index in [9.17, 15) is 5.11 Å². The molecule has 0 radical (unpaired) electrons. The van der Waals surface area contributed by atoms with E-state index in [1.54, 1.807) is 0 Å². The summed E-state index contributed by atoms with van der Waals surface area (Å²) in [6, 6.07) is 44.3. The second kappa shape index (κ2) is 7.25. The maximum absolute atomic E-state index is 10.8. The van der Waals surface area contributed by atoms with Crippen LogP contribution in [-0.4, -0.2) is 5.11 Å². The standard InChI is InChI=1S/C31H22O/c32-30-20-19-24(21-27(30)22-11-3-1-4-12-22)31(23-13-5-2-6-14-23)28-17-9-7-15-25(28)26-16-8-10-18-29(26)31/h1-21,32H. The summed E-state index contributed by atoms with van der Waals surface area (Å²) < 4.78 is 0. The molecule has 32 heavy (non-hydrogen) atoms. The lowest BCUT2D eigenvalue weighted by atomic mass is 9.67. The number of rotatable bonds is 3. The third-order valence-corrected chi connectivity index (χ3v) is 6.67. The van der Waals surface area contributed by atoms with E-state index in [2.05, 4.69) is 91.0 Å². The summed E-state index contributed by atoms with van der Waals surface area (Å²) in [6.07, 6.45) is 0. The first kappa shape index (κ1) is 18.7. The lowest BCUT2D eigenvalue weighted by Crippen LogP contribution is -2.28. The SMILES string of the molecule is Oc1ccc(C2(c3ccccc3)c3ccccc3-c3ccccc32)cc1-c1ccccc1. The lowest BCUT2D eigenvalue weighted by molar-refractivity contribution is 0.477. The molecule has 1 heteroatoms. The monoisotopic (exact) mass is 410 g/mol. The van der Waals surface area contributed by atoms with Crippen molar-refractivity contribution in [3.05, 3.63) is 150 Å². The summed E-state index contributed by atoms with van der Waals surface area (Å²) in [5, 5.41) is 10.8. The zero-order valence-electron chi connectivity index (χ0n) is 17.6. The van der Waals surface area contributed by atoms with Crippen molar-refractivity contribution in [1.82, 2.24) is 0 Å². The van der Waals surface area contributed by atoms with Gasteiger partial charge in [-0.05, 0) is 51.1 Å². The fourth-order valence-corrected chi connectivity index (χ4v) is 5.33. The smallest absolute Gasteiger partial charge is 0.123 e. The molecule has 0 unspecified atom stereocenters. The highest BCUT2D eigenvalue weighted by Crippen LogP contribution is 2.56. The molecule has 0 saturated heterocycles. The number of phenolic OH excluding ortho intramolecular Hbond substituents is 1. The minimum atomic E-state index is -0.453. The van der Waals surface area contributed by atoms with Crippen LogP contribution in [0.5, 0.6) is 5.75 Å². The maximum Gasteiger partial charge on any atom is 0.123 e. The van der Waals surface area contributed by atoms with Crippen LogP contribution in [0.1, 0.15) is 22.3 Å². The quantitative estimate of drug-likeness (QED) is 0.322. The number of benzene rings is 5. The molecule has 5 aromatic rings. The van der Waals surface area contributed by atoms with E-state index >= 15 is 0 Å². The van der Waals surface area contributed by atoms with Crippen LogP contribution < -0.4 is 0 Å². The highest BCUT2D eigenvalue weighted by Gasteiger charge is 2.45. The van der Waals surface area contributed by atoms with E-state index in [0.29, 0.717) is 5.75 Å². The van der Waals surface area contributed by atoms with Crippen molar-refractivity contribution < 1.29 is 5.11 Å². The van der Waals surface area contributed by atoms with Crippen molar-refractivity contribution in [3.63, 3.8) is 0 Å². The molecule has 152 valence electrons. The molecule has 1 aliphatic carbocycles. The number of hydrogen-bond acceptors (Lipinski definition) is 1. The van der Waals surface area contributed by atoms with Gasteiger partial charge in [-0.15, -0.1) is 0 Å². The molecule has 0 heterocycles. The fourth-order valence-electron chi connectivity index (χ4n) is 5.33. The van der Waals surface area contributed by atoms with E-state index in [4.69, 9.17) is 0 Å². The molecule has 5 aromatic carbocycles. The number of aromatic hydroxyl groups is 1. The third-order valence-electron chi connectivity index (χ3n) is 6.67. The van der Waals surface area contributed by atoms with Gasteiger partial charge in [-0.2, -0.15) is 0 Å². The Morgan fingerprint density at radius 2 is 0.969 bits per heavy atom. The molecular formula is C31H22O. The van der Waals surface area contributed by atoms with Crippen LogP contribution in [0.4, 0.5) is 0 Å². The van der Waals surface area contributed by atoms with Crippen LogP contribution in [0.3, 0.4) is 0 Å². The van der Waals surface area contributed by atoms with Gasteiger partial charge in [0, 0.05) is 5.56 Å². The molecule has 0 fully saturated rings. The molecule has 0 aliphatic heterocycles. The molecule has 0 bridgehead atoms. The van der Waals surface area contributed by atoms with Gasteiger partial charge in [-0.25, -0.2) is 0 Å². The lowest BCUT2D eigenvalue weighted by Gasteiger charge is -2.34. The Morgan fingerprint density at radius 1 is 0.438 bits per heavy atom. The number of phenols is 1. The largest absolute Gasteiger partial charge is 0.507 e. The zero-order valence-corrected chi connectivity index (χ0v) is 17.6. The first-order chi connectivity index (χ1) is 15.8. The average molecular weight is 411 g/mol. The Bertz CT molecular complexity index is 1370. The van der Waals surface area contributed by atoms with Gasteiger partial charge in [0.1, 0.15) is 5.75 Å². The topological polar surface area (TPSA) is 20.2 Å². The van der Waals surface area contributed by atoms with Crippen molar-refractivity contribution in [2.24, 2.45) is 0 Å². The van der Waals surface area contributed by atoms with Crippen molar-refractivity contribution >= 4 is 0 Å². The fraction of sp³-hybridized carbons (Fsp3) is 0.0323. The molecule has 1 N–H and O–H groups in total. The predicted octanol–water partition coefficient (Wildman–Crippen LogP) is 7.42. The van der Waals surface area contributed by atoms with Crippen LogP contribution in [-0.2, 0) is 5.41 Å². The Labute approximate surface area is 188 Å². The van der Waals surface area contributed by atoms with E-state index in [0.717, 1.165) is 16.7 Å². The van der Waals surface area contributed by atoms with Crippen molar-refractivity contribution in [2.75, 3.05) is 0 Å². The van der Waals surface area contributed by atoms with Crippen molar-refractivity contribution in [1.29, 1.82) is 0 Å². The first-order valence-electron chi connectivity index (χ1n) is 10.9. The normalized spacial score (nSPS) is 13.4. The van der Waals surface area contributed by atoms with Gasteiger partial charge >= 0.3 is 0 Å². The summed E-state index contributed by atoms with van der Waals surface area (Å²) >= 11 is 0. The highest BCUT2D eigenvalue weighted by atomic mass is 16.3. The Balaban J connectivity index is 1.73. The summed E-state index contributed by atoms with van der Waals surface area (Å²) in [5.41, 5.74) is 8.86. The second-order valence-electron chi connectivity index (χ2n) is 8.31. The molecule has 0 amide bonds. The zero-order chi connectivity index (χ0) is 21.5. The van der Waals surface area contributed by atoms with E-state index in [-0.39, 0.29) is 0 Å². The van der Waals surface area contributed by atoms with Gasteiger partial charge in [0.2, 0.25) is 0 Å². The second-order valence-corrected chi connectivity index (χ2v) is 8.31. The molecule has 0 spiro atoms.